The molecule has 0 fully saturated rings. The Morgan fingerprint density at radius 1 is 0.559 bits per heavy atom. The van der Waals surface area contributed by atoms with Crippen LogP contribution >= 0.6 is 0 Å². The van der Waals surface area contributed by atoms with Crippen LogP contribution in [0.5, 0.6) is 0 Å². The molecule has 0 radical (unpaired) electrons. The molecule has 0 amide bonds. The Kier molecular flexibility index (Phi) is 26.1. The third kappa shape index (κ3) is 22.9. The van der Waals surface area contributed by atoms with Gasteiger partial charge in [-0.05, 0) is 57.8 Å². The minimum atomic E-state index is 0.254. The summed E-state index contributed by atoms with van der Waals surface area (Å²) in [5.41, 5.74) is 0. The molecule has 0 bridgehead atoms. The Hall–Kier alpha value is -0.850. The van der Waals surface area contributed by atoms with Crippen LogP contribution in [0.1, 0.15) is 169 Å². The summed E-state index contributed by atoms with van der Waals surface area (Å²) in [5.74, 6) is 1.26. The van der Waals surface area contributed by atoms with Crippen LogP contribution in [0, 0.1) is 11.8 Å². The molecule has 0 saturated heterocycles. The van der Waals surface area contributed by atoms with Crippen LogP contribution < -0.4 is 0 Å². The minimum absolute atomic E-state index is 0.254. The first-order valence-corrected chi connectivity index (χ1v) is 15.4. The molecule has 0 saturated carbocycles. The number of allylic oxidation sites excluding steroid dienone is 4. The lowest BCUT2D eigenvalue weighted by Crippen LogP contribution is -2.19. The number of rotatable bonds is 26. The van der Waals surface area contributed by atoms with Crippen molar-refractivity contribution in [1.82, 2.24) is 0 Å². The number of hydrogen-bond acceptors (Lipinski definition) is 1. The zero-order valence-corrected chi connectivity index (χ0v) is 23.9. The molecule has 0 N–H and O–H groups in total. The fraction of sp³-hybridized carbons (Fsp3) is 0.848. The lowest BCUT2D eigenvalue weighted by molar-refractivity contribution is -0.122. The molecular formula is C33H62O. The minimum Gasteiger partial charge on any atom is -0.300 e. The second-order valence-corrected chi connectivity index (χ2v) is 10.8. The van der Waals surface area contributed by atoms with Gasteiger partial charge in [-0.3, -0.25) is 4.79 Å². The number of unbranched alkanes of at least 4 members (excludes halogenated alkanes) is 16. The quantitative estimate of drug-likeness (QED) is 0.0899. The summed E-state index contributed by atoms with van der Waals surface area (Å²) >= 11 is 0. The van der Waals surface area contributed by atoms with E-state index in [0.29, 0.717) is 11.7 Å². The van der Waals surface area contributed by atoms with Crippen LogP contribution in [0.15, 0.2) is 24.3 Å². The SMILES string of the molecule is CCCCCC=CCC=CCCCCCCCCCC(CCCCCCCCC)C(C)C(C)=O. The van der Waals surface area contributed by atoms with Crippen molar-refractivity contribution >= 4 is 5.78 Å². The molecule has 0 aliphatic heterocycles. The molecule has 1 nitrogen and oxygen atoms in total. The van der Waals surface area contributed by atoms with E-state index in [9.17, 15) is 4.79 Å². The molecule has 200 valence electrons. The zero-order chi connectivity index (χ0) is 25.1. The second kappa shape index (κ2) is 26.7. The van der Waals surface area contributed by atoms with Gasteiger partial charge in [0, 0.05) is 5.92 Å². The maximum atomic E-state index is 12.0. The average molecular weight is 475 g/mol. The predicted molar refractivity (Wildman–Crippen MR) is 155 cm³/mol. The summed E-state index contributed by atoms with van der Waals surface area (Å²) in [7, 11) is 0. The smallest absolute Gasteiger partial charge is 0.132 e. The number of carbonyl (C=O) groups excluding carboxylic acids is 1. The first kappa shape index (κ1) is 33.1. The maximum absolute atomic E-state index is 12.0. The molecule has 0 spiro atoms. The maximum Gasteiger partial charge on any atom is 0.132 e. The average Bonchev–Trinajstić information content (AvgIpc) is 2.83. The van der Waals surface area contributed by atoms with Crippen molar-refractivity contribution in [2.24, 2.45) is 11.8 Å². The predicted octanol–water partition coefficient (Wildman–Crippen LogP) is 11.6. The lowest BCUT2D eigenvalue weighted by atomic mass is 9.82. The largest absolute Gasteiger partial charge is 0.300 e. The van der Waals surface area contributed by atoms with Crippen LogP contribution in [0.2, 0.25) is 0 Å². The first-order chi connectivity index (χ1) is 16.6. The van der Waals surface area contributed by atoms with E-state index in [0.717, 1.165) is 6.42 Å². The highest BCUT2D eigenvalue weighted by Crippen LogP contribution is 2.26. The van der Waals surface area contributed by atoms with Gasteiger partial charge in [0.25, 0.3) is 0 Å². The second-order valence-electron chi connectivity index (χ2n) is 10.8. The summed E-state index contributed by atoms with van der Waals surface area (Å²) in [6.45, 7) is 8.51. The Morgan fingerprint density at radius 2 is 0.941 bits per heavy atom. The number of hydrogen-bond donors (Lipinski definition) is 0. The van der Waals surface area contributed by atoms with Gasteiger partial charge >= 0.3 is 0 Å². The van der Waals surface area contributed by atoms with Gasteiger partial charge in [-0.15, -0.1) is 0 Å². The highest BCUT2D eigenvalue weighted by molar-refractivity contribution is 5.78. The van der Waals surface area contributed by atoms with Crippen molar-refractivity contribution in [1.29, 1.82) is 0 Å². The highest BCUT2D eigenvalue weighted by atomic mass is 16.1. The first-order valence-electron chi connectivity index (χ1n) is 15.4. The molecule has 34 heavy (non-hydrogen) atoms. The van der Waals surface area contributed by atoms with Crippen LogP contribution in [0.25, 0.3) is 0 Å². The van der Waals surface area contributed by atoms with Crippen molar-refractivity contribution in [2.75, 3.05) is 0 Å². The van der Waals surface area contributed by atoms with Gasteiger partial charge in [0.15, 0.2) is 0 Å². The van der Waals surface area contributed by atoms with Gasteiger partial charge in [-0.2, -0.15) is 0 Å². The van der Waals surface area contributed by atoms with Gasteiger partial charge < -0.3 is 0 Å². The van der Waals surface area contributed by atoms with E-state index >= 15 is 0 Å². The third-order valence-corrected chi connectivity index (χ3v) is 7.55. The van der Waals surface area contributed by atoms with E-state index in [1.165, 1.54) is 135 Å². The molecule has 0 aromatic heterocycles. The van der Waals surface area contributed by atoms with Crippen molar-refractivity contribution in [3.8, 4) is 0 Å². The number of ketones is 1. The van der Waals surface area contributed by atoms with Gasteiger partial charge in [-0.1, -0.05) is 141 Å². The van der Waals surface area contributed by atoms with Crippen molar-refractivity contribution in [2.45, 2.75) is 169 Å². The van der Waals surface area contributed by atoms with Crippen molar-refractivity contribution < 1.29 is 4.79 Å². The van der Waals surface area contributed by atoms with E-state index in [1.54, 1.807) is 6.92 Å². The molecule has 0 aliphatic carbocycles. The Morgan fingerprint density at radius 3 is 1.41 bits per heavy atom. The highest BCUT2D eigenvalue weighted by Gasteiger charge is 2.20. The molecule has 1 heteroatoms. The van der Waals surface area contributed by atoms with Gasteiger partial charge in [0.05, 0.1) is 0 Å². The van der Waals surface area contributed by atoms with Gasteiger partial charge in [-0.25, -0.2) is 0 Å². The lowest BCUT2D eigenvalue weighted by Gasteiger charge is -2.22. The molecular weight excluding hydrogens is 412 g/mol. The van der Waals surface area contributed by atoms with Crippen LogP contribution in [-0.4, -0.2) is 5.78 Å². The van der Waals surface area contributed by atoms with Crippen LogP contribution in [0.4, 0.5) is 0 Å². The third-order valence-electron chi connectivity index (χ3n) is 7.55. The normalized spacial score (nSPS) is 13.8. The topological polar surface area (TPSA) is 17.1 Å². The van der Waals surface area contributed by atoms with Gasteiger partial charge in [0.2, 0.25) is 0 Å². The molecule has 0 aromatic carbocycles. The Bertz CT molecular complexity index is 475. The fourth-order valence-electron chi connectivity index (χ4n) is 4.91. The van der Waals surface area contributed by atoms with Crippen LogP contribution in [-0.2, 0) is 4.79 Å². The molecule has 0 aromatic rings. The summed E-state index contributed by atoms with van der Waals surface area (Å²) in [4.78, 5) is 12.0. The fourth-order valence-corrected chi connectivity index (χ4v) is 4.91. The van der Waals surface area contributed by atoms with Crippen molar-refractivity contribution in [3.05, 3.63) is 24.3 Å². The summed E-state index contributed by atoms with van der Waals surface area (Å²) in [6, 6.07) is 0. The summed E-state index contributed by atoms with van der Waals surface area (Å²) < 4.78 is 0. The number of Topliss-reactive ketones (excluding diaryl/α,β-unsaturated/α-hetero) is 1. The molecule has 2 unspecified atom stereocenters. The van der Waals surface area contributed by atoms with E-state index in [4.69, 9.17) is 0 Å². The van der Waals surface area contributed by atoms with E-state index in [1.807, 2.05) is 0 Å². The molecule has 0 heterocycles. The number of carbonyl (C=O) groups is 1. The summed E-state index contributed by atoms with van der Waals surface area (Å²) in [5, 5.41) is 0. The van der Waals surface area contributed by atoms with E-state index in [-0.39, 0.29) is 5.92 Å². The monoisotopic (exact) mass is 474 g/mol. The zero-order valence-electron chi connectivity index (χ0n) is 23.9. The van der Waals surface area contributed by atoms with Gasteiger partial charge in [0.1, 0.15) is 5.78 Å². The Balaban J connectivity index is 3.68. The van der Waals surface area contributed by atoms with E-state index < -0.39 is 0 Å². The van der Waals surface area contributed by atoms with Crippen molar-refractivity contribution in [3.63, 3.8) is 0 Å². The molecule has 0 rings (SSSR count). The van der Waals surface area contributed by atoms with E-state index in [2.05, 4.69) is 45.1 Å². The summed E-state index contributed by atoms with van der Waals surface area (Å²) in [6.07, 6.45) is 38.6. The van der Waals surface area contributed by atoms with Crippen LogP contribution in [0.3, 0.4) is 0 Å². The standard InChI is InChI=1S/C33H62O/c1-5-7-9-11-13-14-15-16-17-18-19-20-21-22-24-26-28-30-33(31(3)32(4)34)29-27-25-23-12-10-8-6-2/h13-14,16-17,31,33H,5-12,15,18-30H2,1-4H3. The molecule has 0 aliphatic rings. The Labute approximate surface area is 215 Å². The molecule has 2 atom stereocenters.